The average molecular weight is 242 g/mol. The van der Waals surface area contributed by atoms with E-state index in [1.54, 1.807) is 6.07 Å². The molecule has 0 fully saturated rings. The van der Waals surface area contributed by atoms with Gasteiger partial charge >= 0.3 is 6.61 Å². The molecule has 0 aliphatic carbocycles. The molecule has 8 heteroatoms. The summed E-state index contributed by atoms with van der Waals surface area (Å²) in [6.07, 6.45) is 0.0248. The highest BCUT2D eigenvalue weighted by molar-refractivity contribution is 5.86. The van der Waals surface area contributed by atoms with Gasteiger partial charge in [0, 0.05) is 6.07 Å². The number of nitro groups is 1. The van der Waals surface area contributed by atoms with Crippen molar-refractivity contribution in [2.45, 2.75) is 6.61 Å². The van der Waals surface area contributed by atoms with Crippen molar-refractivity contribution in [1.82, 2.24) is 0 Å². The summed E-state index contributed by atoms with van der Waals surface area (Å²) in [6, 6.07) is 3.19. The molecule has 0 atom stereocenters. The lowest BCUT2D eigenvalue weighted by atomic mass is 10.1. The molecule has 0 bridgehead atoms. The van der Waals surface area contributed by atoms with E-state index in [1.165, 1.54) is 0 Å². The first-order valence-electron chi connectivity index (χ1n) is 4.12. The standard InChI is InChI=1S/C9H4F2N2O4/c10-9(11)17-8-2-5(3-12)1-7(13(15)16)6(8)4-14/h1-2,4,9H. The lowest BCUT2D eigenvalue weighted by Crippen LogP contribution is -2.06. The highest BCUT2D eigenvalue weighted by Gasteiger charge is 2.22. The molecule has 1 aromatic rings. The third-order valence-corrected chi connectivity index (χ3v) is 1.78. The molecule has 0 heterocycles. The second-order valence-electron chi connectivity index (χ2n) is 2.77. The summed E-state index contributed by atoms with van der Waals surface area (Å²) >= 11 is 0. The normalized spacial score (nSPS) is 9.76. The zero-order valence-electron chi connectivity index (χ0n) is 8.09. The second kappa shape index (κ2) is 4.98. The summed E-state index contributed by atoms with van der Waals surface area (Å²) in [4.78, 5) is 20.2. The number of benzene rings is 1. The Bertz CT molecular complexity index is 510. The smallest absolute Gasteiger partial charge is 0.387 e. The minimum Gasteiger partial charge on any atom is -0.434 e. The zero-order valence-corrected chi connectivity index (χ0v) is 8.09. The van der Waals surface area contributed by atoms with Gasteiger partial charge in [-0.05, 0) is 6.07 Å². The molecular formula is C9H4F2N2O4. The Morgan fingerprint density at radius 2 is 2.18 bits per heavy atom. The Labute approximate surface area is 93.2 Å². The molecule has 0 N–H and O–H groups in total. The van der Waals surface area contributed by atoms with E-state index in [0.717, 1.165) is 12.1 Å². The minimum atomic E-state index is -3.25. The van der Waals surface area contributed by atoms with Crippen LogP contribution in [0.15, 0.2) is 12.1 Å². The quantitative estimate of drug-likeness (QED) is 0.456. The number of nitro benzene ring substituents is 1. The van der Waals surface area contributed by atoms with Gasteiger partial charge < -0.3 is 4.74 Å². The van der Waals surface area contributed by atoms with Gasteiger partial charge in [-0.15, -0.1) is 0 Å². The summed E-state index contributed by atoms with van der Waals surface area (Å²) in [6.45, 7) is -3.25. The van der Waals surface area contributed by atoms with Crippen molar-refractivity contribution in [3.05, 3.63) is 33.4 Å². The maximum atomic E-state index is 12.0. The lowest BCUT2D eigenvalue weighted by Gasteiger charge is -2.07. The predicted octanol–water partition coefficient (Wildman–Crippen LogP) is 1.88. The van der Waals surface area contributed by atoms with Crippen LogP contribution in [0.3, 0.4) is 0 Å². The molecule has 0 saturated heterocycles. The van der Waals surface area contributed by atoms with Gasteiger partial charge in [0.2, 0.25) is 0 Å². The van der Waals surface area contributed by atoms with Crippen LogP contribution in [0.5, 0.6) is 5.75 Å². The number of hydrogen-bond donors (Lipinski definition) is 0. The molecule has 88 valence electrons. The fraction of sp³-hybridized carbons (Fsp3) is 0.111. The van der Waals surface area contributed by atoms with Gasteiger partial charge in [0.05, 0.1) is 16.6 Å². The van der Waals surface area contributed by atoms with Crippen molar-refractivity contribution in [2.75, 3.05) is 0 Å². The van der Waals surface area contributed by atoms with Gasteiger partial charge in [-0.2, -0.15) is 14.0 Å². The van der Waals surface area contributed by atoms with Crippen LogP contribution in [0.4, 0.5) is 14.5 Å². The highest BCUT2D eigenvalue weighted by atomic mass is 19.3. The Hall–Kier alpha value is -2.56. The summed E-state index contributed by atoms with van der Waals surface area (Å²) in [5, 5.41) is 19.1. The molecule has 0 unspecified atom stereocenters. The number of ether oxygens (including phenoxy) is 1. The number of carbonyl (C=O) groups excluding carboxylic acids is 1. The maximum absolute atomic E-state index is 12.0. The van der Waals surface area contributed by atoms with E-state index in [2.05, 4.69) is 4.74 Å². The molecule has 0 aliphatic heterocycles. The van der Waals surface area contributed by atoms with Crippen molar-refractivity contribution in [1.29, 1.82) is 5.26 Å². The van der Waals surface area contributed by atoms with Crippen LogP contribution in [0.25, 0.3) is 0 Å². The van der Waals surface area contributed by atoms with Crippen LogP contribution in [0.2, 0.25) is 0 Å². The van der Waals surface area contributed by atoms with E-state index < -0.39 is 28.5 Å². The van der Waals surface area contributed by atoms with Crippen LogP contribution >= 0.6 is 0 Å². The Kier molecular flexibility index (Phi) is 3.66. The third-order valence-electron chi connectivity index (χ3n) is 1.78. The Morgan fingerprint density at radius 3 is 2.59 bits per heavy atom. The van der Waals surface area contributed by atoms with Crippen molar-refractivity contribution >= 4 is 12.0 Å². The number of halogens is 2. The molecule has 1 rings (SSSR count). The monoisotopic (exact) mass is 242 g/mol. The van der Waals surface area contributed by atoms with Crippen LogP contribution in [-0.4, -0.2) is 17.8 Å². The number of rotatable bonds is 4. The zero-order chi connectivity index (χ0) is 13.0. The van der Waals surface area contributed by atoms with E-state index in [9.17, 15) is 23.7 Å². The molecule has 17 heavy (non-hydrogen) atoms. The molecule has 1 aromatic carbocycles. The maximum Gasteiger partial charge on any atom is 0.387 e. The molecular weight excluding hydrogens is 238 g/mol. The first-order valence-corrected chi connectivity index (χ1v) is 4.12. The number of nitriles is 1. The highest BCUT2D eigenvalue weighted by Crippen LogP contribution is 2.29. The third kappa shape index (κ3) is 2.72. The molecule has 0 aromatic heterocycles. The minimum absolute atomic E-state index is 0.0248. The Balaban J connectivity index is 3.45. The molecule has 0 aliphatic rings. The fourth-order valence-electron chi connectivity index (χ4n) is 1.14. The average Bonchev–Trinajstić information content (AvgIpc) is 2.26. The second-order valence-corrected chi connectivity index (χ2v) is 2.77. The Morgan fingerprint density at radius 1 is 1.53 bits per heavy atom. The molecule has 0 amide bonds. The summed E-state index contributed by atoms with van der Waals surface area (Å²) in [5.74, 6) is -0.694. The number of hydrogen-bond acceptors (Lipinski definition) is 5. The van der Waals surface area contributed by atoms with Gasteiger partial charge in [-0.1, -0.05) is 0 Å². The SMILES string of the molecule is N#Cc1cc(OC(F)F)c(C=O)c([N+](=O)[O-])c1. The predicted molar refractivity (Wildman–Crippen MR) is 49.8 cm³/mol. The van der Waals surface area contributed by atoms with Crippen LogP contribution in [-0.2, 0) is 0 Å². The number of aldehydes is 1. The van der Waals surface area contributed by atoms with Crippen molar-refractivity contribution in [2.24, 2.45) is 0 Å². The molecule has 0 spiro atoms. The summed E-state index contributed by atoms with van der Waals surface area (Å²) in [5.41, 5.74) is -1.64. The van der Waals surface area contributed by atoms with Crippen molar-refractivity contribution < 1.29 is 23.2 Å². The van der Waals surface area contributed by atoms with Gasteiger partial charge in [-0.25, -0.2) is 0 Å². The molecule has 0 radical (unpaired) electrons. The van der Waals surface area contributed by atoms with Crippen LogP contribution < -0.4 is 4.74 Å². The first-order chi connectivity index (χ1) is 7.99. The van der Waals surface area contributed by atoms with E-state index in [4.69, 9.17) is 5.26 Å². The summed E-state index contributed by atoms with van der Waals surface area (Å²) < 4.78 is 28.0. The largest absolute Gasteiger partial charge is 0.434 e. The van der Waals surface area contributed by atoms with E-state index in [-0.39, 0.29) is 11.8 Å². The van der Waals surface area contributed by atoms with Gasteiger partial charge in [0.15, 0.2) is 6.29 Å². The topological polar surface area (TPSA) is 93.2 Å². The molecule has 0 saturated carbocycles. The summed E-state index contributed by atoms with van der Waals surface area (Å²) in [7, 11) is 0. The van der Waals surface area contributed by atoms with Crippen LogP contribution in [0, 0.1) is 21.4 Å². The van der Waals surface area contributed by atoms with Gasteiger partial charge in [0.25, 0.3) is 5.69 Å². The number of alkyl halides is 2. The van der Waals surface area contributed by atoms with Crippen molar-refractivity contribution in [3.8, 4) is 11.8 Å². The van der Waals surface area contributed by atoms with E-state index >= 15 is 0 Å². The number of carbonyl (C=O) groups is 1. The lowest BCUT2D eigenvalue weighted by molar-refractivity contribution is -0.385. The van der Waals surface area contributed by atoms with Gasteiger partial charge in [0.1, 0.15) is 11.3 Å². The van der Waals surface area contributed by atoms with Crippen molar-refractivity contribution in [3.63, 3.8) is 0 Å². The van der Waals surface area contributed by atoms with Gasteiger partial charge in [-0.3, -0.25) is 14.9 Å². The molecule has 6 nitrogen and oxygen atoms in total. The fourth-order valence-corrected chi connectivity index (χ4v) is 1.14. The van der Waals surface area contributed by atoms with E-state index in [0.29, 0.717) is 0 Å². The first kappa shape index (κ1) is 12.5. The van der Waals surface area contributed by atoms with Crippen LogP contribution in [0.1, 0.15) is 15.9 Å². The van der Waals surface area contributed by atoms with E-state index in [1.807, 2.05) is 0 Å². The number of nitrogens with zero attached hydrogens (tertiary/aromatic N) is 2.